The van der Waals surface area contributed by atoms with Crippen LogP contribution in [0.5, 0.6) is 5.75 Å². The van der Waals surface area contributed by atoms with E-state index in [1.165, 1.54) is 0 Å². The summed E-state index contributed by atoms with van der Waals surface area (Å²) in [6.45, 7) is 2.02. The SMILES string of the molecule is C[C@H](C(=O)Nc1ccc(Cl)cc1)[C@H]1CC[C@@H](Oc2ccnc3ccccc23)CC1. The zero-order chi connectivity index (χ0) is 20.2. The Morgan fingerprint density at radius 1 is 1.07 bits per heavy atom. The molecule has 1 heterocycles. The van der Waals surface area contributed by atoms with E-state index in [2.05, 4.69) is 10.3 Å². The van der Waals surface area contributed by atoms with Crippen molar-refractivity contribution in [2.45, 2.75) is 38.7 Å². The van der Waals surface area contributed by atoms with E-state index in [0.29, 0.717) is 10.9 Å². The van der Waals surface area contributed by atoms with E-state index in [1.54, 1.807) is 18.3 Å². The molecule has 4 rings (SSSR count). The summed E-state index contributed by atoms with van der Waals surface area (Å²) in [4.78, 5) is 17.0. The van der Waals surface area contributed by atoms with Crippen LogP contribution >= 0.6 is 11.6 Å². The van der Waals surface area contributed by atoms with E-state index in [-0.39, 0.29) is 17.9 Å². The third-order valence-corrected chi connectivity index (χ3v) is 6.11. The summed E-state index contributed by atoms with van der Waals surface area (Å²) in [5.74, 6) is 1.30. The molecule has 1 aromatic heterocycles. The van der Waals surface area contributed by atoms with Crippen molar-refractivity contribution in [3.05, 3.63) is 65.8 Å². The second-order valence-corrected chi connectivity index (χ2v) is 8.20. The number of carbonyl (C=O) groups excluding carboxylic acids is 1. The number of amides is 1. The zero-order valence-corrected chi connectivity index (χ0v) is 17.2. The number of hydrogen-bond acceptors (Lipinski definition) is 3. The minimum Gasteiger partial charge on any atom is -0.490 e. The molecule has 1 aliphatic carbocycles. The fourth-order valence-electron chi connectivity index (χ4n) is 4.06. The van der Waals surface area contributed by atoms with E-state index in [9.17, 15) is 4.79 Å². The molecule has 29 heavy (non-hydrogen) atoms. The van der Waals surface area contributed by atoms with Gasteiger partial charge < -0.3 is 10.1 Å². The minimum absolute atomic E-state index is 0.0339. The highest BCUT2D eigenvalue weighted by Crippen LogP contribution is 2.34. The molecular formula is C24H25ClN2O2. The fourth-order valence-corrected chi connectivity index (χ4v) is 4.19. The summed E-state index contributed by atoms with van der Waals surface area (Å²) in [6.07, 6.45) is 5.88. The molecule has 0 unspecified atom stereocenters. The quantitative estimate of drug-likeness (QED) is 0.554. The molecule has 1 saturated carbocycles. The van der Waals surface area contributed by atoms with Gasteiger partial charge in [-0.2, -0.15) is 0 Å². The highest BCUT2D eigenvalue weighted by Gasteiger charge is 2.30. The number of rotatable bonds is 5. The maximum absolute atomic E-state index is 12.6. The van der Waals surface area contributed by atoms with Crippen LogP contribution in [0.2, 0.25) is 5.02 Å². The maximum Gasteiger partial charge on any atom is 0.227 e. The number of aromatic nitrogens is 1. The van der Waals surface area contributed by atoms with Gasteiger partial charge >= 0.3 is 0 Å². The first-order chi connectivity index (χ1) is 14.1. The lowest BCUT2D eigenvalue weighted by atomic mass is 9.79. The predicted molar refractivity (Wildman–Crippen MR) is 117 cm³/mol. The summed E-state index contributed by atoms with van der Waals surface area (Å²) in [5, 5.41) is 4.71. The van der Waals surface area contributed by atoms with Crippen molar-refractivity contribution in [3.63, 3.8) is 0 Å². The van der Waals surface area contributed by atoms with E-state index < -0.39 is 0 Å². The average molecular weight is 409 g/mol. The smallest absolute Gasteiger partial charge is 0.227 e. The van der Waals surface area contributed by atoms with Gasteiger partial charge in [0.1, 0.15) is 5.75 Å². The molecule has 1 fully saturated rings. The number of halogens is 1. The summed E-state index contributed by atoms with van der Waals surface area (Å²) in [5.41, 5.74) is 1.74. The zero-order valence-electron chi connectivity index (χ0n) is 16.5. The van der Waals surface area contributed by atoms with E-state index in [4.69, 9.17) is 16.3 Å². The van der Waals surface area contributed by atoms with Gasteiger partial charge in [0, 0.05) is 28.2 Å². The van der Waals surface area contributed by atoms with E-state index in [1.807, 2.05) is 49.4 Å². The Balaban J connectivity index is 1.32. The average Bonchev–Trinajstić information content (AvgIpc) is 2.75. The van der Waals surface area contributed by atoms with Gasteiger partial charge in [0.05, 0.1) is 11.6 Å². The number of nitrogens with zero attached hydrogens (tertiary/aromatic N) is 1. The Labute approximate surface area is 176 Å². The molecule has 3 aromatic rings. The van der Waals surface area contributed by atoms with Crippen molar-refractivity contribution in [3.8, 4) is 5.75 Å². The first-order valence-electron chi connectivity index (χ1n) is 10.2. The number of hydrogen-bond donors (Lipinski definition) is 1. The number of ether oxygens (including phenoxy) is 1. The van der Waals surface area contributed by atoms with Crippen LogP contribution in [0.3, 0.4) is 0 Å². The number of para-hydroxylation sites is 1. The van der Waals surface area contributed by atoms with Crippen molar-refractivity contribution >= 4 is 34.1 Å². The number of pyridine rings is 1. The Hall–Kier alpha value is -2.59. The standard InChI is InChI=1S/C24H25ClN2O2/c1-16(24(28)27-19-10-8-18(25)9-11-19)17-6-12-20(13-7-17)29-23-14-15-26-22-5-3-2-4-21(22)23/h2-5,8-11,14-17,20H,6-7,12-13H2,1H3,(H,27,28)/t16-,17-,20+/m0/s1. The van der Waals surface area contributed by atoms with Crippen LogP contribution in [0.25, 0.3) is 10.9 Å². The van der Waals surface area contributed by atoms with Gasteiger partial charge in [-0.1, -0.05) is 30.7 Å². The highest BCUT2D eigenvalue weighted by molar-refractivity contribution is 6.30. The molecule has 1 atom stereocenters. The predicted octanol–water partition coefficient (Wildman–Crippen LogP) is 6.10. The van der Waals surface area contributed by atoms with Crippen molar-refractivity contribution in [1.82, 2.24) is 4.98 Å². The van der Waals surface area contributed by atoms with Gasteiger partial charge in [0.2, 0.25) is 5.91 Å². The largest absolute Gasteiger partial charge is 0.490 e. The van der Waals surface area contributed by atoms with Crippen molar-refractivity contribution < 1.29 is 9.53 Å². The Bertz CT molecular complexity index is 976. The molecule has 0 spiro atoms. The van der Waals surface area contributed by atoms with Gasteiger partial charge in [0.15, 0.2) is 0 Å². The lowest BCUT2D eigenvalue weighted by molar-refractivity contribution is -0.121. The second-order valence-electron chi connectivity index (χ2n) is 7.77. The highest BCUT2D eigenvalue weighted by atomic mass is 35.5. The molecule has 0 aliphatic heterocycles. The summed E-state index contributed by atoms with van der Waals surface area (Å²) in [6, 6.07) is 17.2. The molecule has 5 heteroatoms. The van der Waals surface area contributed by atoms with Crippen LogP contribution in [0.1, 0.15) is 32.6 Å². The van der Waals surface area contributed by atoms with Gasteiger partial charge in [-0.15, -0.1) is 0 Å². The topological polar surface area (TPSA) is 51.2 Å². The fraction of sp³-hybridized carbons (Fsp3) is 0.333. The van der Waals surface area contributed by atoms with Crippen LogP contribution in [0.15, 0.2) is 60.8 Å². The third-order valence-electron chi connectivity index (χ3n) is 5.85. The molecule has 0 bridgehead atoms. The maximum atomic E-state index is 12.6. The summed E-state index contributed by atoms with van der Waals surface area (Å²) in [7, 11) is 0. The van der Waals surface area contributed by atoms with Crippen LogP contribution in [0.4, 0.5) is 5.69 Å². The molecule has 0 saturated heterocycles. The number of carbonyl (C=O) groups is 1. The number of benzene rings is 2. The Kier molecular flexibility index (Phi) is 6.00. The van der Waals surface area contributed by atoms with Gasteiger partial charge in [-0.05, 0) is 74.1 Å². The monoisotopic (exact) mass is 408 g/mol. The lowest BCUT2D eigenvalue weighted by Gasteiger charge is -2.32. The molecule has 1 aliphatic rings. The number of nitrogens with one attached hydrogen (secondary N) is 1. The number of anilines is 1. The first kappa shape index (κ1) is 19.7. The Morgan fingerprint density at radius 3 is 2.55 bits per heavy atom. The normalized spacial score (nSPS) is 20.2. The van der Waals surface area contributed by atoms with Crippen LogP contribution in [-0.4, -0.2) is 17.0 Å². The molecular weight excluding hydrogens is 384 g/mol. The van der Waals surface area contributed by atoms with Crippen LogP contribution < -0.4 is 10.1 Å². The van der Waals surface area contributed by atoms with Crippen molar-refractivity contribution in [2.75, 3.05) is 5.32 Å². The summed E-state index contributed by atoms with van der Waals surface area (Å²) < 4.78 is 6.31. The van der Waals surface area contributed by atoms with Crippen molar-refractivity contribution in [2.24, 2.45) is 11.8 Å². The molecule has 2 aromatic carbocycles. The lowest BCUT2D eigenvalue weighted by Crippen LogP contribution is -2.32. The van der Waals surface area contributed by atoms with Crippen LogP contribution in [-0.2, 0) is 4.79 Å². The first-order valence-corrected chi connectivity index (χ1v) is 10.5. The second kappa shape index (κ2) is 8.83. The summed E-state index contributed by atoms with van der Waals surface area (Å²) >= 11 is 5.91. The molecule has 1 amide bonds. The van der Waals surface area contributed by atoms with Gasteiger partial charge in [-0.3, -0.25) is 9.78 Å². The van der Waals surface area contributed by atoms with Crippen molar-refractivity contribution in [1.29, 1.82) is 0 Å². The van der Waals surface area contributed by atoms with E-state index >= 15 is 0 Å². The van der Waals surface area contributed by atoms with Gasteiger partial charge in [0.25, 0.3) is 0 Å². The molecule has 4 nitrogen and oxygen atoms in total. The van der Waals surface area contributed by atoms with Gasteiger partial charge in [-0.25, -0.2) is 0 Å². The molecule has 0 radical (unpaired) electrons. The molecule has 1 N–H and O–H groups in total. The minimum atomic E-state index is -0.0339. The van der Waals surface area contributed by atoms with E-state index in [0.717, 1.165) is 48.0 Å². The third kappa shape index (κ3) is 4.70. The van der Waals surface area contributed by atoms with Crippen LogP contribution in [0, 0.1) is 11.8 Å². The molecule has 150 valence electrons. The Morgan fingerprint density at radius 2 is 1.79 bits per heavy atom. The number of fused-ring (bicyclic) bond motifs is 1.